The molecule has 0 fully saturated rings. The molecule has 1 N–H and O–H groups in total. The van der Waals surface area contributed by atoms with Gasteiger partial charge in [-0.1, -0.05) is 19.9 Å². The Hall–Kier alpha value is -1.82. The van der Waals surface area contributed by atoms with Crippen LogP contribution in [0, 0.1) is 17.6 Å². The Kier molecular flexibility index (Phi) is 3.25. The minimum Gasteiger partial charge on any atom is -0.308 e. The van der Waals surface area contributed by atoms with Crippen LogP contribution in [0.15, 0.2) is 18.2 Å². The summed E-state index contributed by atoms with van der Waals surface area (Å²) in [5.41, 5.74) is -0.101. The third-order valence-electron chi connectivity index (χ3n) is 3.61. The van der Waals surface area contributed by atoms with E-state index in [1.807, 2.05) is 4.57 Å². The Morgan fingerprint density at radius 3 is 2.60 bits per heavy atom. The number of rotatable bonds is 2. The number of nitrogens with zero attached hydrogens (tertiary/aromatic N) is 3. The second-order valence-corrected chi connectivity index (χ2v) is 5.31. The summed E-state index contributed by atoms with van der Waals surface area (Å²) in [5, 5.41) is 11.5. The number of hydrogen-bond acceptors (Lipinski definition) is 3. The fourth-order valence-corrected chi connectivity index (χ4v) is 2.62. The van der Waals surface area contributed by atoms with Crippen molar-refractivity contribution in [3.05, 3.63) is 35.7 Å². The Balaban J connectivity index is 2.14. The van der Waals surface area contributed by atoms with E-state index in [0.29, 0.717) is 12.5 Å². The summed E-state index contributed by atoms with van der Waals surface area (Å²) in [5.74, 6) is 0.114. The smallest absolute Gasteiger partial charge is 0.170 e. The number of hydrogen-bond donors (Lipinski definition) is 1. The fraction of sp³-hybridized carbons (Fsp3) is 0.429. The van der Waals surface area contributed by atoms with Crippen LogP contribution < -0.4 is 5.32 Å². The number of fused-ring (bicyclic) bond motifs is 1. The van der Waals surface area contributed by atoms with Crippen LogP contribution in [-0.4, -0.2) is 21.3 Å². The van der Waals surface area contributed by atoms with E-state index in [0.717, 1.165) is 12.4 Å². The molecule has 0 saturated carbocycles. The predicted molar refractivity (Wildman–Crippen MR) is 71.0 cm³/mol. The van der Waals surface area contributed by atoms with Crippen molar-refractivity contribution < 1.29 is 8.78 Å². The zero-order valence-electron chi connectivity index (χ0n) is 11.4. The SMILES string of the molecule is CC(C)C1NCCn2c(-c3c(F)cccc3F)nnc21. The molecule has 20 heavy (non-hydrogen) atoms. The molecule has 0 saturated heterocycles. The van der Waals surface area contributed by atoms with Crippen molar-refractivity contribution in [1.82, 2.24) is 20.1 Å². The summed E-state index contributed by atoms with van der Waals surface area (Å²) in [6, 6.07) is 3.88. The van der Waals surface area contributed by atoms with Crippen LogP contribution in [0.2, 0.25) is 0 Å². The first-order chi connectivity index (χ1) is 9.59. The van der Waals surface area contributed by atoms with Gasteiger partial charge in [-0.05, 0) is 18.1 Å². The van der Waals surface area contributed by atoms with Gasteiger partial charge in [0, 0.05) is 13.1 Å². The van der Waals surface area contributed by atoms with Crippen molar-refractivity contribution in [2.45, 2.75) is 26.4 Å². The quantitative estimate of drug-likeness (QED) is 0.918. The molecule has 0 bridgehead atoms. The van der Waals surface area contributed by atoms with Gasteiger partial charge in [-0.2, -0.15) is 0 Å². The summed E-state index contributed by atoms with van der Waals surface area (Å²) in [6.45, 7) is 5.49. The Bertz CT molecular complexity index is 616. The van der Waals surface area contributed by atoms with Gasteiger partial charge in [0.25, 0.3) is 0 Å². The molecule has 2 aromatic rings. The fourth-order valence-electron chi connectivity index (χ4n) is 2.62. The minimum absolute atomic E-state index is 0.0554. The lowest BCUT2D eigenvalue weighted by molar-refractivity contribution is 0.339. The van der Waals surface area contributed by atoms with Gasteiger partial charge in [-0.25, -0.2) is 8.78 Å². The number of halogens is 2. The van der Waals surface area contributed by atoms with Gasteiger partial charge in [-0.15, -0.1) is 10.2 Å². The predicted octanol–water partition coefficient (Wildman–Crippen LogP) is 2.52. The Morgan fingerprint density at radius 1 is 1.25 bits per heavy atom. The normalized spacial score (nSPS) is 18.4. The molecular weight excluding hydrogens is 262 g/mol. The summed E-state index contributed by atoms with van der Waals surface area (Å²) in [6.07, 6.45) is 0. The van der Waals surface area contributed by atoms with E-state index in [-0.39, 0.29) is 17.4 Å². The molecule has 6 heteroatoms. The van der Waals surface area contributed by atoms with Crippen LogP contribution in [0.5, 0.6) is 0 Å². The molecule has 1 unspecified atom stereocenters. The van der Waals surface area contributed by atoms with Crippen molar-refractivity contribution >= 4 is 0 Å². The number of nitrogens with one attached hydrogen (secondary N) is 1. The highest BCUT2D eigenvalue weighted by Gasteiger charge is 2.29. The van der Waals surface area contributed by atoms with Gasteiger partial charge in [0.15, 0.2) is 11.6 Å². The molecule has 106 valence electrons. The topological polar surface area (TPSA) is 42.7 Å². The zero-order chi connectivity index (χ0) is 14.3. The zero-order valence-corrected chi connectivity index (χ0v) is 11.4. The molecular formula is C14H16F2N4. The third-order valence-corrected chi connectivity index (χ3v) is 3.61. The molecule has 2 heterocycles. The summed E-state index contributed by atoms with van der Waals surface area (Å²) < 4.78 is 29.6. The van der Waals surface area contributed by atoms with Crippen molar-refractivity contribution in [3.63, 3.8) is 0 Å². The lowest BCUT2D eigenvalue weighted by Crippen LogP contribution is -2.36. The van der Waals surface area contributed by atoms with Crippen molar-refractivity contribution in [1.29, 1.82) is 0 Å². The van der Waals surface area contributed by atoms with Crippen LogP contribution in [0.4, 0.5) is 8.78 Å². The molecule has 0 spiro atoms. The van der Waals surface area contributed by atoms with E-state index in [1.54, 1.807) is 0 Å². The second kappa shape index (κ2) is 4.94. The highest BCUT2D eigenvalue weighted by atomic mass is 19.1. The highest BCUT2D eigenvalue weighted by molar-refractivity contribution is 5.57. The molecule has 1 aromatic heterocycles. The van der Waals surface area contributed by atoms with E-state index >= 15 is 0 Å². The molecule has 0 radical (unpaired) electrons. The summed E-state index contributed by atoms with van der Waals surface area (Å²) in [7, 11) is 0. The number of benzene rings is 1. The Morgan fingerprint density at radius 2 is 1.95 bits per heavy atom. The first-order valence-corrected chi connectivity index (χ1v) is 6.70. The molecule has 1 atom stereocenters. The van der Waals surface area contributed by atoms with E-state index in [4.69, 9.17) is 0 Å². The van der Waals surface area contributed by atoms with Crippen LogP contribution in [0.3, 0.4) is 0 Å². The second-order valence-electron chi connectivity index (χ2n) is 5.31. The average molecular weight is 278 g/mol. The maximum atomic E-state index is 13.9. The molecule has 4 nitrogen and oxygen atoms in total. The van der Waals surface area contributed by atoms with Crippen molar-refractivity contribution in [2.24, 2.45) is 5.92 Å². The monoisotopic (exact) mass is 278 g/mol. The van der Waals surface area contributed by atoms with Crippen LogP contribution in [-0.2, 0) is 6.54 Å². The maximum absolute atomic E-state index is 13.9. The lowest BCUT2D eigenvalue weighted by atomic mass is 10.0. The van der Waals surface area contributed by atoms with Crippen LogP contribution >= 0.6 is 0 Å². The van der Waals surface area contributed by atoms with Gasteiger partial charge in [0.2, 0.25) is 0 Å². The van der Waals surface area contributed by atoms with Gasteiger partial charge in [-0.3, -0.25) is 0 Å². The molecule has 1 aliphatic heterocycles. The summed E-state index contributed by atoms with van der Waals surface area (Å²) >= 11 is 0. The molecule has 0 aliphatic carbocycles. The lowest BCUT2D eigenvalue weighted by Gasteiger charge is -2.27. The van der Waals surface area contributed by atoms with E-state index in [2.05, 4.69) is 29.4 Å². The maximum Gasteiger partial charge on any atom is 0.170 e. The highest BCUT2D eigenvalue weighted by Crippen LogP contribution is 2.30. The number of aromatic nitrogens is 3. The summed E-state index contributed by atoms with van der Waals surface area (Å²) in [4.78, 5) is 0. The van der Waals surface area contributed by atoms with E-state index < -0.39 is 11.6 Å². The molecule has 1 aromatic carbocycles. The first kappa shape index (κ1) is 13.2. The third kappa shape index (κ3) is 2.00. The largest absolute Gasteiger partial charge is 0.308 e. The molecule has 1 aliphatic rings. The van der Waals surface area contributed by atoms with Crippen LogP contribution in [0.25, 0.3) is 11.4 Å². The molecule has 0 amide bonds. The first-order valence-electron chi connectivity index (χ1n) is 6.70. The standard InChI is InChI=1S/C14H16F2N4/c1-8(2)12-14-19-18-13(20(14)7-6-17-12)11-9(15)4-3-5-10(11)16/h3-5,8,12,17H,6-7H2,1-2H3. The van der Waals surface area contributed by atoms with Gasteiger partial charge >= 0.3 is 0 Å². The van der Waals surface area contributed by atoms with Gasteiger partial charge < -0.3 is 9.88 Å². The van der Waals surface area contributed by atoms with E-state index in [9.17, 15) is 8.78 Å². The van der Waals surface area contributed by atoms with Gasteiger partial charge in [0.05, 0.1) is 11.6 Å². The Labute approximate surface area is 115 Å². The average Bonchev–Trinajstić information content (AvgIpc) is 2.82. The minimum atomic E-state index is -0.611. The van der Waals surface area contributed by atoms with Gasteiger partial charge in [0.1, 0.15) is 11.6 Å². The van der Waals surface area contributed by atoms with Crippen LogP contribution in [0.1, 0.15) is 25.7 Å². The van der Waals surface area contributed by atoms with Crippen molar-refractivity contribution in [3.8, 4) is 11.4 Å². The van der Waals surface area contributed by atoms with Crippen molar-refractivity contribution in [2.75, 3.05) is 6.54 Å². The molecule has 3 rings (SSSR count). The van der Waals surface area contributed by atoms with E-state index in [1.165, 1.54) is 18.2 Å².